The first kappa shape index (κ1) is 12.0. The zero-order valence-electron chi connectivity index (χ0n) is 10.2. The van der Waals surface area contributed by atoms with E-state index in [9.17, 15) is 0 Å². The van der Waals surface area contributed by atoms with Gasteiger partial charge in [-0.25, -0.2) is 4.98 Å². The van der Waals surface area contributed by atoms with Crippen LogP contribution in [-0.2, 0) is 0 Å². The molecule has 18 heavy (non-hydrogen) atoms. The van der Waals surface area contributed by atoms with Crippen LogP contribution in [0, 0.1) is 18.3 Å². The van der Waals surface area contributed by atoms with Gasteiger partial charge in [0.25, 0.3) is 0 Å². The van der Waals surface area contributed by atoms with Gasteiger partial charge < -0.3 is 9.84 Å². The van der Waals surface area contributed by atoms with E-state index in [4.69, 9.17) is 9.78 Å². The summed E-state index contributed by atoms with van der Waals surface area (Å²) in [5, 5.41) is 16.0. The Morgan fingerprint density at radius 3 is 3.00 bits per heavy atom. The molecule has 0 saturated carbocycles. The van der Waals surface area contributed by atoms with Gasteiger partial charge in [-0.1, -0.05) is 12.1 Å². The Hall–Kier alpha value is -2.42. The Morgan fingerprint density at radius 1 is 1.56 bits per heavy atom. The highest BCUT2D eigenvalue weighted by Gasteiger charge is 2.17. The Kier molecular flexibility index (Phi) is 3.53. The molecule has 2 aromatic heterocycles. The van der Waals surface area contributed by atoms with Crippen molar-refractivity contribution in [2.75, 3.05) is 5.32 Å². The third-order valence-electron chi connectivity index (χ3n) is 2.50. The van der Waals surface area contributed by atoms with Crippen molar-refractivity contribution < 1.29 is 4.52 Å². The van der Waals surface area contributed by atoms with Crippen molar-refractivity contribution in [2.45, 2.75) is 26.3 Å². The third kappa shape index (κ3) is 2.46. The van der Waals surface area contributed by atoms with Crippen molar-refractivity contribution in [1.82, 2.24) is 15.1 Å². The van der Waals surface area contributed by atoms with Crippen LogP contribution in [0.3, 0.4) is 0 Å². The van der Waals surface area contributed by atoms with E-state index in [-0.39, 0.29) is 6.04 Å². The number of hydrogen-bond acceptors (Lipinski definition) is 6. The number of nitriles is 1. The van der Waals surface area contributed by atoms with Gasteiger partial charge >= 0.3 is 0 Å². The summed E-state index contributed by atoms with van der Waals surface area (Å²) < 4.78 is 4.96. The molecular formula is C12H13N5O. The predicted molar refractivity (Wildman–Crippen MR) is 64.6 cm³/mol. The molecule has 92 valence electrons. The molecule has 1 unspecified atom stereocenters. The fraction of sp³-hybridized carbons (Fsp3) is 0.333. The first-order valence-corrected chi connectivity index (χ1v) is 5.66. The number of rotatable bonds is 4. The lowest BCUT2D eigenvalue weighted by atomic mass is 10.2. The van der Waals surface area contributed by atoms with E-state index in [1.54, 1.807) is 25.3 Å². The molecule has 0 aliphatic rings. The summed E-state index contributed by atoms with van der Waals surface area (Å²) in [7, 11) is 0. The molecule has 6 nitrogen and oxygen atoms in total. The molecule has 2 aromatic rings. The summed E-state index contributed by atoms with van der Waals surface area (Å²) in [6.45, 7) is 3.74. The first-order chi connectivity index (χ1) is 8.74. The van der Waals surface area contributed by atoms with Crippen LogP contribution in [0.5, 0.6) is 0 Å². The summed E-state index contributed by atoms with van der Waals surface area (Å²) in [6.07, 6.45) is 2.40. The summed E-state index contributed by atoms with van der Waals surface area (Å²) in [6, 6.07) is 5.41. The molecule has 0 aliphatic heterocycles. The maximum atomic E-state index is 9.00. The summed E-state index contributed by atoms with van der Waals surface area (Å²) >= 11 is 0. The van der Waals surface area contributed by atoms with Gasteiger partial charge in [0.1, 0.15) is 11.9 Å². The van der Waals surface area contributed by atoms with Crippen LogP contribution in [0.4, 0.5) is 5.82 Å². The SMILES string of the molecule is CCC(Nc1ncccc1C#N)c1noc(C)n1. The Bertz CT molecular complexity index is 572. The van der Waals surface area contributed by atoms with E-state index in [1.165, 1.54) is 0 Å². The number of nitrogens with one attached hydrogen (secondary N) is 1. The molecule has 0 radical (unpaired) electrons. The van der Waals surface area contributed by atoms with E-state index in [2.05, 4.69) is 26.5 Å². The lowest BCUT2D eigenvalue weighted by Crippen LogP contribution is -2.13. The van der Waals surface area contributed by atoms with E-state index in [0.29, 0.717) is 23.1 Å². The molecule has 0 aliphatic carbocycles. The van der Waals surface area contributed by atoms with Gasteiger partial charge in [0.15, 0.2) is 5.82 Å². The molecule has 0 aromatic carbocycles. The number of aromatic nitrogens is 3. The van der Waals surface area contributed by atoms with Crippen LogP contribution in [0.2, 0.25) is 0 Å². The number of aryl methyl sites for hydroxylation is 1. The highest BCUT2D eigenvalue weighted by molar-refractivity contribution is 5.51. The van der Waals surface area contributed by atoms with Crippen molar-refractivity contribution in [1.29, 1.82) is 5.26 Å². The van der Waals surface area contributed by atoms with Crippen molar-refractivity contribution in [3.05, 3.63) is 35.6 Å². The van der Waals surface area contributed by atoms with Crippen LogP contribution >= 0.6 is 0 Å². The highest BCUT2D eigenvalue weighted by atomic mass is 16.5. The van der Waals surface area contributed by atoms with Crippen LogP contribution in [-0.4, -0.2) is 15.1 Å². The van der Waals surface area contributed by atoms with Gasteiger partial charge in [0.2, 0.25) is 5.89 Å². The highest BCUT2D eigenvalue weighted by Crippen LogP contribution is 2.20. The normalized spacial score (nSPS) is 11.8. The second-order valence-electron chi connectivity index (χ2n) is 3.79. The summed E-state index contributed by atoms with van der Waals surface area (Å²) in [4.78, 5) is 8.33. The lowest BCUT2D eigenvalue weighted by Gasteiger charge is -2.14. The first-order valence-electron chi connectivity index (χ1n) is 5.66. The van der Waals surface area contributed by atoms with Crippen LogP contribution in [0.1, 0.15) is 36.7 Å². The largest absolute Gasteiger partial charge is 0.359 e. The summed E-state index contributed by atoms with van der Waals surface area (Å²) in [5.41, 5.74) is 0.496. The van der Waals surface area contributed by atoms with Gasteiger partial charge in [-0.05, 0) is 18.6 Å². The van der Waals surface area contributed by atoms with Gasteiger partial charge in [0.05, 0.1) is 11.6 Å². The molecule has 2 rings (SSSR count). The van der Waals surface area contributed by atoms with E-state index in [0.717, 1.165) is 6.42 Å². The Morgan fingerprint density at radius 2 is 2.39 bits per heavy atom. The van der Waals surface area contributed by atoms with Gasteiger partial charge in [-0.2, -0.15) is 10.2 Å². The minimum atomic E-state index is -0.121. The number of hydrogen-bond donors (Lipinski definition) is 1. The molecule has 0 amide bonds. The van der Waals surface area contributed by atoms with Gasteiger partial charge in [0, 0.05) is 13.1 Å². The van der Waals surface area contributed by atoms with Crippen LogP contribution in [0.15, 0.2) is 22.9 Å². The molecule has 0 saturated heterocycles. The topological polar surface area (TPSA) is 87.6 Å². The monoisotopic (exact) mass is 243 g/mol. The standard InChI is InChI=1S/C12H13N5O/c1-3-10(12-15-8(2)18-17-12)16-11-9(7-13)5-4-6-14-11/h4-6,10H,3H2,1-2H3,(H,14,16). The minimum Gasteiger partial charge on any atom is -0.359 e. The molecule has 0 bridgehead atoms. The van der Waals surface area contributed by atoms with E-state index < -0.39 is 0 Å². The van der Waals surface area contributed by atoms with Crippen molar-refractivity contribution in [2.24, 2.45) is 0 Å². The quantitative estimate of drug-likeness (QED) is 0.885. The number of anilines is 1. The lowest BCUT2D eigenvalue weighted by molar-refractivity contribution is 0.384. The molecule has 1 N–H and O–H groups in total. The molecular weight excluding hydrogens is 230 g/mol. The smallest absolute Gasteiger partial charge is 0.223 e. The van der Waals surface area contributed by atoms with Crippen LogP contribution < -0.4 is 5.32 Å². The molecule has 1 atom stereocenters. The second-order valence-corrected chi connectivity index (χ2v) is 3.79. The average molecular weight is 243 g/mol. The maximum Gasteiger partial charge on any atom is 0.223 e. The van der Waals surface area contributed by atoms with Crippen molar-refractivity contribution in [3.8, 4) is 6.07 Å². The van der Waals surface area contributed by atoms with Gasteiger partial charge in [-0.15, -0.1) is 0 Å². The maximum absolute atomic E-state index is 9.00. The van der Waals surface area contributed by atoms with Gasteiger partial charge in [-0.3, -0.25) is 0 Å². The minimum absolute atomic E-state index is 0.121. The molecule has 0 fully saturated rings. The summed E-state index contributed by atoms with van der Waals surface area (Å²) in [5.74, 6) is 1.63. The fourth-order valence-electron chi connectivity index (χ4n) is 1.58. The van der Waals surface area contributed by atoms with Crippen molar-refractivity contribution >= 4 is 5.82 Å². The molecule has 2 heterocycles. The molecule has 0 spiro atoms. The van der Waals surface area contributed by atoms with Crippen molar-refractivity contribution in [3.63, 3.8) is 0 Å². The third-order valence-corrected chi connectivity index (χ3v) is 2.50. The zero-order chi connectivity index (χ0) is 13.0. The average Bonchev–Trinajstić information content (AvgIpc) is 2.83. The van der Waals surface area contributed by atoms with Crippen LogP contribution in [0.25, 0.3) is 0 Å². The second kappa shape index (κ2) is 5.27. The van der Waals surface area contributed by atoms with E-state index in [1.807, 2.05) is 6.92 Å². The fourth-order valence-corrected chi connectivity index (χ4v) is 1.58. The van der Waals surface area contributed by atoms with E-state index >= 15 is 0 Å². The number of pyridine rings is 1. The zero-order valence-corrected chi connectivity index (χ0v) is 10.2. The predicted octanol–water partition coefficient (Wildman–Crippen LogP) is 2.21. The molecule has 6 heteroatoms. The Balaban J connectivity index is 2.23. The number of nitrogens with zero attached hydrogens (tertiary/aromatic N) is 4. The Labute approximate surface area is 105 Å².